The average molecular weight is 433 g/mol. The zero-order valence-electron chi connectivity index (χ0n) is 17.4. The van der Waals surface area contributed by atoms with Gasteiger partial charge in [0.15, 0.2) is 6.10 Å². The first kappa shape index (κ1) is 21.5. The van der Waals surface area contributed by atoms with Gasteiger partial charge in [-0.05, 0) is 62.2 Å². The number of carbonyl (C=O) groups excluding carboxylic acids is 1. The number of piperazine rings is 1. The molecule has 2 aliphatic heterocycles. The molecule has 0 saturated carbocycles. The van der Waals surface area contributed by atoms with Crippen molar-refractivity contribution in [1.82, 2.24) is 4.90 Å². The van der Waals surface area contributed by atoms with Crippen molar-refractivity contribution in [2.24, 2.45) is 0 Å². The number of carbonyl (C=O) groups is 1. The van der Waals surface area contributed by atoms with Crippen molar-refractivity contribution < 1.29 is 22.7 Å². The van der Waals surface area contributed by atoms with Crippen LogP contribution in [-0.2, 0) is 11.0 Å². The lowest BCUT2D eigenvalue weighted by Crippen LogP contribution is -2.47. The first-order valence-electron chi connectivity index (χ1n) is 10.5. The molecule has 2 aliphatic rings. The van der Waals surface area contributed by atoms with Crippen molar-refractivity contribution in [3.05, 3.63) is 53.6 Å². The normalized spacial score (nSPS) is 19.5. The summed E-state index contributed by atoms with van der Waals surface area (Å²) in [5.74, 6) is 0.581. The van der Waals surface area contributed by atoms with Crippen LogP contribution in [0.5, 0.6) is 5.75 Å². The van der Waals surface area contributed by atoms with Gasteiger partial charge in [0.25, 0.3) is 5.91 Å². The number of rotatable bonds is 5. The molecule has 0 aromatic heterocycles. The van der Waals surface area contributed by atoms with Gasteiger partial charge in [-0.2, -0.15) is 13.2 Å². The second kappa shape index (κ2) is 8.78. The number of amides is 1. The van der Waals surface area contributed by atoms with Crippen LogP contribution in [0.15, 0.2) is 42.5 Å². The lowest BCUT2D eigenvalue weighted by Gasteiger charge is -2.36. The molecule has 8 heteroatoms. The standard InChI is InChI=1S/C23H26F3N3O2/c1-16-7-8-20-19(14-16)27-22(30)21(31-20)6-3-9-28-10-12-29(13-11-28)18-5-2-4-17(15-18)23(24,25)26/h2,4-5,7-8,14-15,21H,3,6,9-13H2,1H3,(H,27,30). The summed E-state index contributed by atoms with van der Waals surface area (Å²) in [6.07, 6.45) is -3.40. The van der Waals surface area contributed by atoms with Gasteiger partial charge in [0, 0.05) is 31.9 Å². The summed E-state index contributed by atoms with van der Waals surface area (Å²) in [7, 11) is 0. The van der Waals surface area contributed by atoms with Gasteiger partial charge in [0.2, 0.25) is 0 Å². The van der Waals surface area contributed by atoms with Gasteiger partial charge in [-0.15, -0.1) is 0 Å². The highest BCUT2D eigenvalue weighted by Crippen LogP contribution is 2.33. The van der Waals surface area contributed by atoms with E-state index in [9.17, 15) is 18.0 Å². The van der Waals surface area contributed by atoms with E-state index in [-0.39, 0.29) is 5.91 Å². The number of ether oxygens (including phenoxy) is 1. The molecule has 0 bridgehead atoms. The van der Waals surface area contributed by atoms with Crippen LogP contribution in [0.4, 0.5) is 24.5 Å². The van der Waals surface area contributed by atoms with E-state index in [1.807, 2.05) is 30.0 Å². The Hall–Kier alpha value is -2.74. The van der Waals surface area contributed by atoms with Crippen LogP contribution in [0.25, 0.3) is 0 Å². The summed E-state index contributed by atoms with van der Waals surface area (Å²) in [6, 6.07) is 11.2. The maximum absolute atomic E-state index is 13.0. The van der Waals surface area contributed by atoms with Crippen LogP contribution >= 0.6 is 0 Å². The molecule has 4 rings (SSSR count). The molecular formula is C23H26F3N3O2. The monoisotopic (exact) mass is 433 g/mol. The zero-order chi connectivity index (χ0) is 22.0. The molecule has 5 nitrogen and oxygen atoms in total. The SMILES string of the molecule is Cc1ccc2c(c1)NC(=O)C(CCCN1CCN(c3cccc(C(F)(F)F)c3)CC1)O2. The minimum Gasteiger partial charge on any atom is -0.478 e. The fourth-order valence-corrected chi connectivity index (χ4v) is 4.06. The summed E-state index contributed by atoms with van der Waals surface area (Å²) in [6.45, 7) is 5.69. The maximum atomic E-state index is 13.0. The summed E-state index contributed by atoms with van der Waals surface area (Å²) >= 11 is 0. The van der Waals surface area contributed by atoms with Gasteiger partial charge in [-0.3, -0.25) is 9.69 Å². The number of anilines is 2. The molecule has 2 aromatic carbocycles. The molecule has 1 amide bonds. The van der Waals surface area contributed by atoms with E-state index in [1.54, 1.807) is 6.07 Å². The van der Waals surface area contributed by atoms with Crippen LogP contribution in [0, 0.1) is 6.92 Å². The molecule has 1 N–H and O–H groups in total. The number of benzene rings is 2. The number of halogens is 3. The third-order valence-corrected chi connectivity index (χ3v) is 5.81. The van der Waals surface area contributed by atoms with Crippen molar-refractivity contribution in [1.29, 1.82) is 0 Å². The van der Waals surface area contributed by atoms with E-state index in [0.29, 0.717) is 36.6 Å². The number of nitrogens with zero attached hydrogens (tertiary/aromatic N) is 2. The smallest absolute Gasteiger partial charge is 0.416 e. The largest absolute Gasteiger partial charge is 0.478 e. The lowest BCUT2D eigenvalue weighted by atomic mass is 10.1. The van der Waals surface area contributed by atoms with E-state index in [1.165, 1.54) is 12.1 Å². The van der Waals surface area contributed by atoms with Gasteiger partial charge in [-0.25, -0.2) is 0 Å². The Morgan fingerprint density at radius 3 is 2.61 bits per heavy atom. The Kier molecular flexibility index (Phi) is 6.09. The third-order valence-electron chi connectivity index (χ3n) is 5.81. The van der Waals surface area contributed by atoms with Gasteiger partial charge < -0.3 is 15.0 Å². The first-order chi connectivity index (χ1) is 14.8. The van der Waals surface area contributed by atoms with E-state index in [2.05, 4.69) is 10.2 Å². The summed E-state index contributed by atoms with van der Waals surface area (Å²) < 4.78 is 44.7. The number of fused-ring (bicyclic) bond motifs is 1. The Morgan fingerprint density at radius 1 is 1.10 bits per heavy atom. The zero-order valence-corrected chi connectivity index (χ0v) is 17.4. The highest BCUT2D eigenvalue weighted by atomic mass is 19.4. The van der Waals surface area contributed by atoms with E-state index < -0.39 is 17.8 Å². The molecule has 2 aromatic rings. The van der Waals surface area contributed by atoms with Crippen molar-refractivity contribution in [3.8, 4) is 5.75 Å². The molecule has 0 aliphatic carbocycles. The molecular weight excluding hydrogens is 407 g/mol. The molecule has 1 saturated heterocycles. The molecule has 0 spiro atoms. The Morgan fingerprint density at radius 2 is 1.87 bits per heavy atom. The van der Waals surface area contributed by atoms with Crippen LogP contribution in [-0.4, -0.2) is 49.6 Å². The summed E-state index contributed by atoms with van der Waals surface area (Å²) in [5.41, 5.74) is 1.77. The average Bonchev–Trinajstić information content (AvgIpc) is 2.74. The molecule has 1 fully saturated rings. The minimum atomic E-state index is -4.33. The van der Waals surface area contributed by atoms with E-state index >= 15 is 0 Å². The van der Waals surface area contributed by atoms with E-state index in [0.717, 1.165) is 37.7 Å². The lowest BCUT2D eigenvalue weighted by molar-refractivity contribution is -0.137. The number of aryl methyl sites for hydroxylation is 1. The Labute approximate surface area is 179 Å². The fourth-order valence-electron chi connectivity index (χ4n) is 4.06. The highest BCUT2D eigenvalue weighted by Gasteiger charge is 2.31. The van der Waals surface area contributed by atoms with E-state index in [4.69, 9.17) is 4.74 Å². The Bertz CT molecular complexity index is 940. The predicted octanol–water partition coefficient (Wildman–Crippen LogP) is 4.32. The van der Waals surface area contributed by atoms with Crippen LogP contribution in [0.2, 0.25) is 0 Å². The van der Waals surface area contributed by atoms with Crippen molar-refractivity contribution in [3.63, 3.8) is 0 Å². The third kappa shape index (κ3) is 5.12. The van der Waals surface area contributed by atoms with Gasteiger partial charge in [-0.1, -0.05) is 12.1 Å². The molecule has 0 radical (unpaired) electrons. The van der Waals surface area contributed by atoms with Gasteiger partial charge in [0.1, 0.15) is 5.75 Å². The number of hydrogen-bond donors (Lipinski definition) is 1. The number of hydrogen-bond acceptors (Lipinski definition) is 4. The molecule has 31 heavy (non-hydrogen) atoms. The minimum absolute atomic E-state index is 0.118. The second-order valence-electron chi connectivity index (χ2n) is 8.11. The second-order valence-corrected chi connectivity index (χ2v) is 8.11. The summed E-state index contributed by atoms with van der Waals surface area (Å²) in [4.78, 5) is 16.6. The number of alkyl halides is 3. The molecule has 1 atom stereocenters. The topological polar surface area (TPSA) is 44.8 Å². The van der Waals surface area contributed by atoms with Gasteiger partial charge >= 0.3 is 6.18 Å². The van der Waals surface area contributed by atoms with Crippen molar-refractivity contribution in [2.45, 2.75) is 32.0 Å². The summed E-state index contributed by atoms with van der Waals surface area (Å²) in [5, 5.41) is 2.91. The molecule has 166 valence electrons. The van der Waals surface area contributed by atoms with Crippen LogP contribution < -0.4 is 15.0 Å². The maximum Gasteiger partial charge on any atom is 0.416 e. The molecule has 2 heterocycles. The number of nitrogens with one attached hydrogen (secondary N) is 1. The highest BCUT2D eigenvalue weighted by molar-refractivity contribution is 5.97. The van der Waals surface area contributed by atoms with Crippen molar-refractivity contribution in [2.75, 3.05) is 42.9 Å². The predicted molar refractivity (Wildman–Crippen MR) is 114 cm³/mol. The quantitative estimate of drug-likeness (QED) is 0.763. The van der Waals surface area contributed by atoms with Crippen LogP contribution in [0.3, 0.4) is 0 Å². The first-order valence-corrected chi connectivity index (χ1v) is 10.5. The Balaban J connectivity index is 1.24. The van der Waals surface area contributed by atoms with Crippen LogP contribution in [0.1, 0.15) is 24.0 Å². The van der Waals surface area contributed by atoms with Crippen molar-refractivity contribution >= 4 is 17.3 Å². The molecule has 1 unspecified atom stereocenters. The fraction of sp³-hybridized carbons (Fsp3) is 0.435. The van der Waals surface area contributed by atoms with Gasteiger partial charge in [0.05, 0.1) is 11.3 Å².